The Kier molecular flexibility index (Phi) is 5.33. The van der Waals surface area contributed by atoms with Crippen molar-refractivity contribution in [3.05, 3.63) is 28.7 Å². The molecule has 1 N–H and O–H groups in total. The van der Waals surface area contributed by atoms with Crippen LogP contribution in [0.3, 0.4) is 0 Å². The number of hydrogen-bond donors (Lipinski definition) is 1. The number of hydrogen-bond acceptors (Lipinski definition) is 3. The Morgan fingerprint density at radius 1 is 1.33 bits per heavy atom. The average Bonchev–Trinajstić information content (AvgIpc) is 2.43. The molecule has 0 amide bonds. The van der Waals surface area contributed by atoms with Crippen molar-refractivity contribution in [2.75, 3.05) is 26.2 Å². The summed E-state index contributed by atoms with van der Waals surface area (Å²) in [5, 5.41) is 3.69. The van der Waals surface area contributed by atoms with Crippen LogP contribution in [0.1, 0.15) is 34.1 Å². The molecule has 0 aliphatic carbocycles. The van der Waals surface area contributed by atoms with Gasteiger partial charge in [0, 0.05) is 35.2 Å². The van der Waals surface area contributed by atoms with Crippen LogP contribution in [0, 0.1) is 0 Å². The van der Waals surface area contributed by atoms with Crippen molar-refractivity contribution in [2.24, 2.45) is 0 Å². The highest BCUT2D eigenvalue weighted by atomic mass is 79.9. The van der Waals surface area contributed by atoms with Gasteiger partial charge in [-0.05, 0) is 45.4 Å². The fraction of sp³-hybridized carbons (Fsp3) is 0.647. The number of piperazine rings is 1. The Hall–Kier alpha value is -0.580. The molecule has 1 unspecified atom stereocenters. The molecule has 0 bridgehead atoms. The van der Waals surface area contributed by atoms with E-state index in [-0.39, 0.29) is 11.1 Å². The van der Waals surface area contributed by atoms with Gasteiger partial charge in [0.2, 0.25) is 0 Å². The Morgan fingerprint density at radius 3 is 2.76 bits per heavy atom. The summed E-state index contributed by atoms with van der Waals surface area (Å²) in [5.41, 5.74) is 0.389. The van der Waals surface area contributed by atoms with Gasteiger partial charge in [0.1, 0.15) is 12.4 Å². The molecular weight excluding hydrogens is 328 g/mol. The van der Waals surface area contributed by atoms with Crippen LogP contribution in [0.15, 0.2) is 28.7 Å². The van der Waals surface area contributed by atoms with Gasteiger partial charge in [-0.2, -0.15) is 0 Å². The van der Waals surface area contributed by atoms with E-state index in [1.165, 1.54) is 0 Å². The van der Waals surface area contributed by atoms with Crippen LogP contribution in [0.5, 0.6) is 5.75 Å². The van der Waals surface area contributed by atoms with Gasteiger partial charge in [-0.15, -0.1) is 0 Å². The third kappa shape index (κ3) is 4.44. The third-order valence-electron chi connectivity index (χ3n) is 4.55. The first kappa shape index (κ1) is 16.8. The molecule has 0 radical (unpaired) electrons. The zero-order chi connectivity index (χ0) is 15.5. The zero-order valence-electron chi connectivity index (χ0n) is 13.6. The minimum Gasteiger partial charge on any atom is -0.492 e. The summed E-state index contributed by atoms with van der Waals surface area (Å²) in [5.74, 6) is 0.926. The van der Waals surface area contributed by atoms with Crippen molar-refractivity contribution < 1.29 is 4.74 Å². The number of benzene rings is 1. The molecule has 1 aliphatic rings. The second kappa shape index (κ2) is 6.67. The maximum atomic E-state index is 5.89. The molecule has 1 aliphatic heterocycles. The van der Waals surface area contributed by atoms with Gasteiger partial charge < -0.3 is 10.1 Å². The van der Waals surface area contributed by atoms with E-state index >= 15 is 0 Å². The van der Waals surface area contributed by atoms with Crippen LogP contribution < -0.4 is 10.1 Å². The lowest BCUT2D eigenvalue weighted by Gasteiger charge is -2.50. The maximum absolute atomic E-state index is 5.89. The van der Waals surface area contributed by atoms with Gasteiger partial charge in [-0.3, -0.25) is 4.90 Å². The molecule has 0 spiro atoms. The molecule has 4 heteroatoms. The van der Waals surface area contributed by atoms with Gasteiger partial charge >= 0.3 is 0 Å². The standard InChI is InChI=1S/C17H27BrN2O/c1-5-17(4)13-20(16(2,3)12-19-17)9-10-21-15-8-6-7-14(18)11-15/h6-8,11,19H,5,9-10,12-13H2,1-4H3. The lowest BCUT2D eigenvalue weighted by atomic mass is 9.88. The molecule has 1 fully saturated rings. The van der Waals surface area contributed by atoms with Crippen molar-refractivity contribution in [3.63, 3.8) is 0 Å². The lowest BCUT2D eigenvalue weighted by molar-refractivity contribution is 0.0218. The Morgan fingerprint density at radius 2 is 2.10 bits per heavy atom. The van der Waals surface area contributed by atoms with Crippen molar-refractivity contribution in [3.8, 4) is 5.75 Å². The molecule has 1 saturated heterocycles. The second-order valence-electron chi connectivity index (χ2n) is 6.81. The minimum absolute atomic E-state index is 0.176. The van der Waals surface area contributed by atoms with Crippen molar-refractivity contribution in [1.29, 1.82) is 0 Å². The molecule has 2 rings (SSSR count). The SMILES string of the molecule is CCC1(C)CN(CCOc2cccc(Br)c2)C(C)(C)CN1. The Bertz CT molecular complexity index is 478. The van der Waals surface area contributed by atoms with Gasteiger partial charge in [-0.25, -0.2) is 0 Å². The van der Waals surface area contributed by atoms with E-state index < -0.39 is 0 Å². The largest absolute Gasteiger partial charge is 0.492 e. The quantitative estimate of drug-likeness (QED) is 0.872. The summed E-state index contributed by atoms with van der Waals surface area (Å²) >= 11 is 3.47. The highest BCUT2D eigenvalue weighted by Gasteiger charge is 2.38. The number of nitrogens with zero attached hydrogens (tertiary/aromatic N) is 1. The first-order chi connectivity index (χ1) is 9.85. The first-order valence-corrected chi connectivity index (χ1v) is 8.52. The number of rotatable bonds is 5. The molecule has 1 aromatic rings. The van der Waals surface area contributed by atoms with Crippen LogP contribution in [0.25, 0.3) is 0 Å². The average molecular weight is 355 g/mol. The number of halogens is 1. The smallest absolute Gasteiger partial charge is 0.120 e. The van der Waals surface area contributed by atoms with E-state index in [1.807, 2.05) is 24.3 Å². The summed E-state index contributed by atoms with van der Waals surface area (Å²) in [6, 6.07) is 8.03. The van der Waals surface area contributed by atoms with Crippen LogP contribution in [0.2, 0.25) is 0 Å². The molecule has 3 nitrogen and oxygen atoms in total. The summed E-state index contributed by atoms with van der Waals surface area (Å²) in [4.78, 5) is 2.55. The normalized spacial score (nSPS) is 25.8. The summed E-state index contributed by atoms with van der Waals surface area (Å²) in [7, 11) is 0. The van der Waals surface area contributed by atoms with E-state index in [0.29, 0.717) is 0 Å². The fourth-order valence-corrected chi connectivity index (χ4v) is 3.06. The summed E-state index contributed by atoms with van der Waals surface area (Å²) in [6.45, 7) is 12.9. The molecular formula is C17H27BrN2O. The molecule has 1 heterocycles. The van der Waals surface area contributed by atoms with Crippen LogP contribution in [-0.4, -0.2) is 42.2 Å². The van der Waals surface area contributed by atoms with Crippen molar-refractivity contribution in [2.45, 2.75) is 45.2 Å². The van der Waals surface area contributed by atoms with Crippen LogP contribution in [0.4, 0.5) is 0 Å². The Balaban J connectivity index is 1.91. The lowest BCUT2D eigenvalue weighted by Crippen LogP contribution is -2.67. The monoisotopic (exact) mass is 354 g/mol. The second-order valence-corrected chi connectivity index (χ2v) is 7.72. The van der Waals surface area contributed by atoms with Crippen molar-refractivity contribution >= 4 is 15.9 Å². The third-order valence-corrected chi connectivity index (χ3v) is 5.04. The topological polar surface area (TPSA) is 24.5 Å². The molecule has 1 aromatic carbocycles. The predicted molar refractivity (Wildman–Crippen MR) is 92.0 cm³/mol. The highest BCUT2D eigenvalue weighted by Crippen LogP contribution is 2.25. The van der Waals surface area contributed by atoms with Crippen LogP contribution in [-0.2, 0) is 0 Å². The van der Waals surface area contributed by atoms with E-state index in [2.05, 4.69) is 53.8 Å². The highest BCUT2D eigenvalue weighted by molar-refractivity contribution is 9.10. The number of ether oxygens (including phenoxy) is 1. The van der Waals surface area contributed by atoms with E-state index in [4.69, 9.17) is 4.74 Å². The first-order valence-electron chi connectivity index (χ1n) is 7.73. The molecule has 1 atom stereocenters. The van der Waals surface area contributed by atoms with E-state index in [1.54, 1.807) is 0 Å². The predicted octanol–water partition coefficient (Wildman–Crippen LogP) is 3.68. The molecule has 0 saturated carbocycles. The van der Waals surface area contributed by atoms with Crippen LogP contribution >= 0.6 is 15.9 Å². The van der Waals surface area contributed by atoms with Crippen molar-refractivity contribution in [1.82, 2.24) is 10.2 Å². The Labute approximate surface area is 137 Å². The summed E-state index contributed by atoms with van der Waals surface area (Å²) in [6.07, 6.45) is 1.14. The van der Waals surface area contributed by atoms with Gasteiger partial charge in [0.15, 0.2) is 0 Å². The molecule has 0 aromatic heterocycles. The molecule has 118 valence electrons. The summed E-state index contributed by atoms with van der Waals surface area (Å²) < 4.78 is 6.95. The fourth-order valence-electron chi connectivity index (χ4n) is 2.68. The maximum Gasteiger partial charge on any atom is 0.120 e. The zero-order valence-corrected chi connectivity index (χ0v) is 15.2. The number of nitrogens with one attached hydrogen (secondary N) is 1. The molecule has 21 heavy (non-hydrogen) atoms. The minimum atomic E-state index is 0.176. The van der Waals surface area contributed by atoms with E-state index in [9.17, 15) is 0 Å². The van der Waals surface area contributed by atoms with Gasteiger partial charge in [-0.1, -0.05) is 28.9 Å². The van der Waals surface area contributed by atoms with Gasteiger partial charge in [0.25, 0.3) is 0 Å². The van der Waals surface area contributed by atoms with Gasteiger partial charge in [0.05, 0.1) is 0 Å². The van der Waals surface area contributed by atoms with E-state index in [0.717, 1.165) is 42.9 Å².